The van der Waals surface area contributed by atoms with Crippen molar-refractivity contribution in [3.8, 4) is 5.75 Å². The smallest absolute Gasteiger partial charge is 0.248 e. The molecule has 0 saturated carbocycles. The molecule has 2 N–H and O–H groups in total. The van der Waals surface area contributed by atoms with E-state index in [2.05, 4.69) is 37.2 Å². The highest BCUT2D eigenvalue weighted by molar-refractivity contribution is 9.11. The van der Waals surface area contributed by atoms with Crippen LogP contribution in [0.4, 0.5) is 5.69 Å². The summed E-state index contributed by atoms with van der Waals surface area (Å²) in [6.07, 6.45) is 4.47. The molecule has 0 saturated heterocycles. The van der Waals surface area contributed by atoms with E-state index in [4.69, 9.17) is 4.42 Å². The van der Waals surface area contributed by atoms with Gasteiger partial charge in [0.15, 0.2) is 0 Å². The molecule has 1 aromatic carbocycles. The molecule has 98 valence electrons. The second kappa shape index (κ2) is 6.08. The van der Waals surface area contributed by atoms with E-state index in [1.807, 2.05) is 0 Å². The minimum absolute atomic E-state index is 0.0872. The number of halogens is 2. The molecule has 4 nitrogen and oxygen atoms in total. The maximum absolute atomic E-state index is 11.7. The van der Waals surface area contributed by atoms with Crippen molar-refractivity contribution in [1.29, 1.82) is 0 Å². The minimum Gasteiger partial charge on any atom is -0.506 e. The summed E-state index contributed by atoms with van der Waals surface area (Å²) < 4.78 is 6.06. The van der Waals surface area contributed by atoms with Gasteiger partial charge in [-0.15, -0.1) is 0 Å². The first kappa shape index (κ1) is 13.9. The fourth-order valence-corrected chi connectivity index (χ4v) is 2.55. The van der Waals surface area contributed by atoms with Gasteiger partial charge in [0, 0.05) is 11.8 Å². The van der Waals surface area contributed by atoms with Gasteiger partial charge in [-0.2, -0.15) is 0 Å². The van der Waals surface area contributed by atoms with Gasteiger partial charge in [0.05, 0.1) is 15.2 Å². The van der Waals surface area contributed by atoms with Crippen LogP contribution in [0.3, 0.4) is 0 Å². The maximum Gasteiger partial charge on any atom is 0.248 e. The van der Waals surface area contributed by atoms with Crippen molar-refractivity contribution in [3.05, 3.63) is 51.3 Å². The zero-order valence-corrected chi connectivity index (χ0v) is 12.7. The Balaban J connectivity index is 2.07. The average Bonchev–Trinajstić information content (AvgIpc) is 2.86. The van der Waals surface area contributed by atoms with E-state index in [-0.39, 0.29) is 11.7 Å². The molecule has 0 radical (unpaired) electrons. The van der Waals surface area contributed by atoms with Gasteiger partial charge in [0.2, 0.25) is 5.91 Å². The molecule has 0 aliphatic rings. The second-order valence-corrected chi connectivity index (χ2v) is 5.34. The van der Waals surface area contributed by atoms with Crippen LogP contribution >= 0.6 is 31.9 Å². The molecule has 0 spiro atoms. The first-order valence-electron chi connectivity index (χ1n) is 5.27. The zero-order valence-electron chi connectivity index (χ0n) is 9.56. The molecule has 1 amide bonds. The highest BCUT2D eigenvalue weighted by Gasteiger charge is 2.07. The Labute approximate surface area is 126 Å². The van der Waals surface area contributed by atoms with Crippen LogP contribution < -0.4 is 5.32 Å². The van der Waals surface area contributed by atoms with Gasteiger partial charge in [-0.1, -0.05) is 0 Å². The molecule has 0 aliphatic carbocycles. The van der Waals surface area contributed by atoms with Gasteiger partial charge < -0.3 is 14.8 Å². The third-order valence-corrected chi connectivity index (χ3v) is 3.44. The van der Waals surface area contributed by atoms with Crippen molar-refractivity contribution in [2.75, 3.05) is 5.32 Å². The zero-order chi connectivity index (χ0) is 13.8. The van der Waals surface area contributed by atoms with E-state index in [1.165, 1.54) is 12.3 Å². The van der Waals surface area contributed by atoms with Crippen LogP contribution in [0.2, 0.25) is 0 Å². The van der Waals surface area contributed by atoms with Crippen molar-refractivity contribution in [3.63, 3.8) is 0 Å². The highest BCUT2D eigenvalue weighted by atomic mass is 79.9. The minimum atomic E-state index is -0.291. The number of phenolic OH excluding ortho intramolecular Hbond substituents is 1. The van der Waals surface area contributed by atoms with Crippen molar-refractivity contribution in [2.45, 2.75) is 0 Å². The Morgan fingerprint density at radius 1 is 1.32 bits per heavy atom. The molecule has 0 aliphatic heterocycles. The monoisotopic (exact) mass is 385 g/mol. The number of benzene rings is 1. The topological polar surface area (TPSA) is 62.5 Å². The van der Waals surface area contributed by atoms with Gasteiger partial charge in [-0.25, -0.2) is 0 Å². The number of phenols is 1. The predicted octanol–water partition coefficient (Wildman–Crippen LogP) is 4.16. The molecule has 2 rings (SSSR count). The lowest BCUT2D eigenvalue weighted by Gasteiger charge is -2.06. The number of rotatable bonds is 3. The third-order valence-electron chi connectivity index (χ3n) is 2.23. The van der Waals surface area contributed by atoms with Crippen LogP contribution in [0.1, 0.15) is 5.76 Å². The van der Waals surface area contributed by atoms with E-state index in [1.54, 1.807) is 30.3 Å². The molecule has 0 bridgehead atoms. The predicted molar refractivity (Wildman–Crippen MR) is 79.9 cm³/mol. The second-order valence-electron chi connectivity index (χ2n) is 3.63. The molecule has 0 fully saturated rings. The lowest BCUT2D eigenvalue weighted by atomic mass is 10.3. The van der Waals surface area contributed by atoms with E-state index >= 15 is 0 Å². The van der Waals surface area contributed by atoms with Crippen molar-refractivity contribution < 1.29 is 14.3 Å². The lowest BCUT2D eigenvalue weighted by molar-refractivity contribution is -0.111. The van der Waals surface area contributed by atoms with Crippen LogP contribution in [0.15, 0.2) is 50.0 Å². The van der Waals surface area contributed by atoms with Crippen LogP contribution in [-0.2, 0) is 4.79 Å². The summed E-state index contributed by atoms with van der Waals surface area (Å²) in [6, 6.07) is 6.71. The van der Waals surface area contributed by atoms with E-state index < -0.39 is 0 Å². The third kappa shape index (κ3) is 3.71. The van der Waals surface area contributed by atoms with Crippen LogP contribution in [-0.4, -0.2) is 11.0 Å². The van der Waals surface area contributed by atoms with Crippen LogP contribution in [0.25, 0.3) is 6.08 Å². The van der Waals surface area contributed by atoms with Gasteiger partial charge in [-0.05, 0) is 62.2 Å². The molecule has 1 heterocycles. The molecular formula is C13H9Br2NO3. The molecule has 6 heteroatoms. The summed E-state index contributed by atoms with van der Waals surface area (Å²) in [5, 5.41) is 12.2. The largest absolute Gasteiger partial charge is 0.506 e. The van der Waals surface area contributed by atoms with Crippen molar-refractivity contribution >= 4 is 49.5 Å². The number of hydrogen-bond donors (Lipinski definition) is 2. The van der Waals surface area contributed by atoms with Gasteiger partial charge in [-0.3, -0.25) is 4.79 Å². The Morgan fingerprint density at radius 3 is 2.58 bits per heavy atom. The quantitative estimate of drug-likeness (QED) is 0.614. The van der Waals surface area contributed by atoms with E-state index in [0.717, 1.165) is 0 Å². The van der Waals surface area contributed by atoms with Gasteiger partial charge in [0.1, 0.15) is 11.5 Å². The van der Waals surface area contributed by atoms with Gasteiger partial charge >= 0.3 is 0 Å². The SMILES string of the molecule is O=C(C=Cc1ccco1)Nc1cc(Br)c(O)c(Br)c1. The fourth-order valence-electron chi connectivity index (χ4n) is 1.37. The first-order chi connectivity index (χ1) is 9.06. The summed E-state index contributed by atoms with van der Waals surface area (Å²) in [7, 11) is 0. The number of hydrogen-bond acceptors (Lipinski definition) is 3. The molecule has 0 atom stereocenters. The lowest BCUT2D eigenvalue weighted by Crippen LogP contribution is -2.07. The van der Waals surface area contributed by atoms with E-state index in [0.29, 0.717) is 20.4 Å². The number of aromatic hydroxyl groups is 1. The van der Waals surface area contributed by atoms with E-state index in [9.17, 15) is 9.90 Å². The fraction of sp³-hybridized carbons (Fsp3) is 0. The number of carbonyl (C=O) groups excluding carboxylic acids is 1. The summed E-state index contributed by atoms with van der Waals surface area (Å²) in [5.74, 6) is 0.397. The highest BCUT2D eigenvalue weighted by Crippen LogP contribution is 2.35. The molecule has 2 aromatic rings. The number of amides is 1. The number of nitrogens with one attached hydrogen (secondary N) is 1. The molecule has 0 unspecified atom stereocenters. The van der Waals surface area contributed by atoms with Crippen LogP contribution in [0.5, 0.6) is 5.75 Å². The summed E-state index contributed by atoms with van der Waals surface area (Å²) in [4.78, 5) is 11.7. The average molecular weight is 387 g/mol. The molecular weight excluding hydrogens is 378 g/mol. The summed E-state index contributed by atoms with van der Waals surface area (Å²) in [5.41, 5.74) is 0.561. The van der Waals surface area contributed by atoms with Crippen molar-refractivity contribution in [1.82, 2.24) is 0 Å². The Hall–Kier alpha value is -1.53. The summed E-state index contributed by atoms with van der Waals surface area (Å²) >= 11 is 6.39. The number of furan rings is 1. The Kier molecular flexibility index (Phi) is 4.44. The Bertz CT molecular complexity index is 598. The molecule has 1 aromatic heterocycles. The van der Waals surface area contributed by atoms with Crippen LogP contribution in [0, 0.1) is 0 Å². The standard InChI is InChI=1S/C13H9Br2NO3/c14-10-6-8(7-11(15)13(10)18)16-12(17)4-3-9-2-1-5-19-9/h1-7,18H,(H,16,17). The Morgan fingerprint density at radius 2 is 2.00 bits per heavy atom. The molecule has 19 heavy (non-hydrogen) atoms. The number of carbonyl (C=O) groups is 1. The number of anilines is 1. The first-order valence-corrected chi connectivity index (χ1v) is 6.85. The summed E-state index contributed by atoms with van der Waals surface area (Å²) in [6.45, 7) is 0. The normalized spacial score (nSPS) is 10.8. The maximum atomic E-state index is 11.7. The van der Waals surface area contributed by atoms with Gasteiger partial charge in [0.25, 0.3) is 0 Å². The van der Waals surface area contributed by atoms with Crippen molar-refractivity contribution in [2.24, 2.45) is 0 Å².